The van der Waals surface area contributed by atoms with Crippen LogP contribution in [0.2, 0.25) is 0 Å². The highest BCUT2D eigenvalue weighted by atomic mass is 16.5. The lowest BCUT2D eigenvalue weighted by atomic mass is 10.1. The van der Waals surface area contributed by atoms with E-state index in [2.05, 4.69) is 30.7 Å². The van der Waals surface area contributed by atoms with Crippen molar-refractivity contribution >= 4 is 29.0 Å². The molecule has 0 radical (unpaired) electrons. The Bertz CT molecular complexity index is 1290. The van der Waals surface area contributed by atoms with E-state index in [-0.39, 0.29) is 5.91 Å². The summed E-state index contributed by atoms with van der Waals surface area (Å²) in [6.07, 6.45) is 7.91. The molecule has 4 aromatic rings. The number of carbonyl (C=O) groups is 1. The SMILES string of the molecule is CNC(=O)c1ccc2c(c1)/C=C/c1n[nH]c3cnc(cc13)-c1cn[nH]c1OCCCO2. The van der Waals surface area contributed by atoms with Crippen LogP contribution < -0.4 is 14.8 Å². The zero-order chi connectivity index (χ0) is 21.2. The van der Waals surface area contributed by atoms with Crippen molar-refractivity contribution in [2.75, 3.05) is 20.3 Å². The number of carbonyl (C=O) groups excluding carboxylic acids is 1. The van der Waals surface area contributed by atoms with Crippen molar-refractivity contribution in [1.82, 2.24) is 30.7 Å². The fourth-order valence-corrected chi connectivity index (χ4v) is 3.46. The summed E-state index contributed by atoms with van der Waals surface area (Å²) < 4.78 is 11.8. The van der Waals surface area contributed by atoms with Gasteiger partial charge in [-0.1, -0.05) is 0 Å². The smallest absolute Gasteiger partial charge is 0.251 e. The van der Waals surface area contributed by atoms with Crippen LogP contribution in [0.5, 0.6) is 11.6 Å². The molecule has 31 heavy (non-hydrogen) atoms. The second kappa shape index (κ2) is 7.94. The van der Waals surface area contributed by atoms with Crippen molar-refractivity contribution in [3.8, 4) is 22.9 Å². The maximum absolute atomic E-state index is 12.1. The summed E-state index contributed by atoms with van der Waals surface area (Å²) in [5.41, 5.74) is 4.43. The van der Waals surface area contributed by atoms with Crippen molar-refractivity contribution < 1.29 is 14.3 Å². The van der Waals surface area contributed by atoms with E-state index in [4.69, 9.17) is 9.47 Å². The van der Waals surface area contributed by atoms with Gasteiger partial charge in [-0.25, -0.2) is 5.10 Å². The molecule has 5 rings (SSSR count). The van der Waals surface area contributed by atoms with Crippen molar-refractivity contribution in [3.63, 3.8) is 0 Å². The molecule has 1 aliphatic heterocycles. The number of aromatic nitrogens is 5. The largest absolute Gasteiger partial charge is 0.493 e. The Morgan fingerprint density at radius 3 is 2.90 bits per heavy atom. The van der Waals surface area contributed by atoms with Gasteiger partial charge in [0.1, 0.15) is 5.75 Å². The predicted octanol–water partition coefficient (Wildman–Crippen LogP) is 3.04. The molecule has 0 unspecified atom stereocenters. The Morgan fingerprint density at radius 1 is 1.10 bits per heavy atom. The summed E-state index contributed by atoms with van der Waals surface area (Å²) in [5.74, 6) is 1.09. The zero-order valence-electron chi connectivity index (χ0n) is 16.8. The Kier molecular flexibility index (Phi) is 4.83. The van der Waals surface area contributed by atoms with E-state index < -0.39 is 0 Å². The maximum Gasteiger partial charge on any atom is 0.251 e. The molecule has 1 amide bonds. The first-order valence-electron chi connectivity index (χ1n) is 9.90. The van der Waals surface area contributed by atoms with Gasteiger partial charge < -0.3 is 14.8 Å². The van der Waals surface area contributed by atoms with E-state index >= 15 is 0 Å². The van der Waals surface area contributed by atoms with E-state index in [1.165, 1.54) is 0 Å². The average Bonchev–Trinajstić information content (AvgIpc) is 3.43. The molecule has 3 aromatic heterocycles. The number of hydrogen-bond acceptors (Lipinski definition) is 6. The first-order valence-corrected chi connectivity index (χ1v) is 9.90. The number of fused-ring (bicyclic) bond motifs is 4. The van der Waals surface area contributed by atoms with Crippen LogP contribution in [0, 0.1) is 0 Å². The second-order valence-corrected chi connectivity index (χ2v) is 7.05. The molecule has 0 atom stereocenters. The second-order valence-electron chi connectivity index (χ2n) is 7.05. The summed E-state index contributed by atoms with van der Waals surface area (Å²) >= 11 is 0. The van der Waals surface area contributed by atoms with Gasteiger partial charge >= 0.3 is 0 Å². The number of pyridine rings is 1. The zero-order valence-corrected chi connectivity index (χ0v) is 16.8. The van der Waals surface area contributed by atoms with Crippen molar-refractivity contribution in [3.05, 3.63) is 53.5 Å². The molecule has 0 fully saturated rings. The predicted molar refractivity (Wildman–Crippen MR) is 116 cm³/mol. The summed E-state index contributed by atoms with van der Waals surface area (Å²) in [6.45, 7) is 0.915. The van der Waals surface area contributed by atoms with Crippen LogP contribution in [0.15, 0.2) is 36.7 Å². The lowest BCUT2D eigenvalue weighted by Gasteiger charge is -2.11. The molecule has 1 aliphatic rings. The van der Waals surface area contributed by atoms with Gasteiger partial charge in [-0.2, -0.15) is 10.2 Å². The molecule has 156 valence electrons. The van der Waals surface area contributed by atoms with Gasteiger partial charge in [0.25, 0.3) is 5.91 Å². The molecule has 0 saturated heterocycles. The molecule has 2 bridgehead atoms. The van der Waals surface area contributed by atoms with Gasteiger partial charge in [-0.15, -0.1) is 0 Å². The first kappa shape index (κ1) is 18.9. The van der Waals surface area contributed by atoms with Gasteiger partial charge in [0, 0.05) is 30.0 Å². The molecule has 4 heterocycles. The lowest BCUT2D eigenvalue weighted by Crippen LogP contribution is -2.17. The van der Waals surface area contributed by atoms with Crippen LogP contribution in [0.4, 0.5) is 0 Å². The standard InChI is InChI=1S/C22H20N6O3/c1-23-21(29)14-4-6-20-13(9-14)3-5-17-15-10-18(24-12-19(15)27-26-17)16-11-25-28-22(16)31-8-2-7-30-20/h3-6,9-12H,2,7-8H2,1H3,(H,23,29)(H,25,28)(H,26,27)/b5-3+. The number of nitrogens with zero attached hydrogens (tertiary/aromatic N) is 3. The van der Waals surface area contributed by atoms with E-state index in [0.717, 1.165) is 33.4 Å². The minimum Gasteiger partial charge on any atom is -0.493 e. The Balaban J connectivity index is 1.62. The molecular weight excluding hydrogens is 396 g/mol. The van der Waals surface area contributed by atoms with Gasteiger partial charge in [0.2, 0.25) is 5.88 Å². The summed E-state index contributed by atoms with van der Waals surface area (Å²) in [6, 6.07) is 7.31. The topological polar surface area (TPSA) is 118 Å². The molecule has 9 nitrogen and oxygen atoms in total. The molecular formula is C22H20N6O3. The normalized spacial score (nSPS) is 14.5. The van der Waals surface area contributed by atoms with E-state index in [1.54, 1.807) is 37.6 Å². The fraction of sp³-hybridized carbons (Fsp3) is 0.182. The van der Waals surface area contributed by atoms with Crippen LogP contribution in [0.1, 0.15) is 28.0 Å². The molecule has 9 heteroatoms. The van der Waals surface area contributed by atoms with Gasteiger partial charge in [0.05, 0.1) is 48.1 Å². The number of benzene rings is 1. The molecule has 0 spiro atoms. The highest BCUT2D eigenvalue weighted by Crippen LogP contribution is 2.30. The minimum atomic E-state index is -0.156. The molecule has 3 N–H and O–H groups in total. The highest BCUT2D eigenvalue weighted by molar-refractivity contribution is 5.96. The summed E-state index contributed by atoms with van der Waals surface area (Å²) in [7, 11) is 1.61. The van der Waals surface area contributed by atoms with E-state index in [9.17, 15) is 4.79 Å². The monoisotopic (exact) mass is 416 g/mol. The highest BCUT2D eigenvalue weighted by Gasteiger charge is 2.14. The van der Waals surface area contributed by atoms with Gasteiger partial charge in [-0.05, 0) is 36.4 Å². The Hall–Kier alpha value is -4.14. The minimum absolute atomic E-state index is 0.156. The molecule has 0 saturated carbocycles. The van der Waals surface area contributed by atoms with E-state index in [1.807, 2.05) is 18.2 Å². The van der Waals surface area contributed by atoms with Crippen molar-refractivity contribution in [2.45, 2.75) is 6.42 Å². The van der Waals surface area contributed by atoms with Crippen LogP contribution in [0.3, 0.4) is 0 Å². The molecule has 1 aromatic carbocycles. The third-order valence-electron chi connectivity index (χ3n) is 5.07. The van der Waals surface area contributed by atoms with Crippen LogP contribution in [-0.4, -0.2) is 51.5 Å². The van der Waals surface area contributed by atoms with Crippen molar-refractivity contribution in [2.24, 2.45) is 0 Å². The van der Waals surface area contributed by atoms with Crippen molar-refractivity contribution in [1.29, 1.82) is 0 Å². The number of aromatic amines is 2. The van der Waals surface area contributed by atoms with E-state index in [0.29, 0.717) is 36.8 Å². The quantitative estimate of drug-likeness (QED) is 0.439. The number of rotatable bonds is 1. The third-order valence-corrected chi connectivity index (χ3v) is 5.07. The van der Waals surface area contributed by atoms with Crippen LogP contribution in [0.25, 0.3) is 34.3 Å². The number of ether oxygens (including phenoxy) is 2. The Labute approximate surface area is 177 Å². The first-order chi connectivity index (χ1) is 15.2. The lowest BCUT2D eigenvalue weighted by molar-refractivity contribution is 0.0963. The van der Waals surface area contributed by atoms with Crippen LogP contribution in [-0.2, 0) is 0 Å². The van der Waals surface area contributed by atoms with Gasteiger partial charge in [0.15, 0.2) is 0 Å². The summed E-state index contributed by atoms with van der Waals surface area (Å²) in [5, 5.41) is 18.0. The molecule has 0 aliphatic carbocycles. The average molecular weight is 416 g/mol. The fourth-order valence-electron chi connectivity index (χ4n) is 3.46. The maximum atomic E-state index is 12.1. The number of nitrogens with one attached hydrogen (secondary N) is 3. The third kappa shape index (κ3) is 3.61. The van der Waals surface area contributed by atoms with Gasteiger partial charge in [-0.3, -0.25) is 14.9 Å². The summed E-state index contributed by atoms with van der Waals surface area (Å²) in [4.78, 5) is 16.6. The Morgan fingerprint density at radius 2 is 2.00 bits per heavy atom. The number of hydrogen-bond donors (Lipinski definition) is 3. The van der Waals surface area contributed by atoms with Crippen LogP contribution >= 0.6 is 0 Å². The number of H-pyrrole nitrogens is 2. The number of amides is 1.